The van der Waals surface area contributed by atoms with Gasteiger partial charge in [-0.2, -0.15) is 5.10 Å². The second kappa shape index (κ2) is 8.33. The lowest BCUT2D eigenvalue weighted by atomic mass is 10.2. The molecule has 1 aromatic rings. The molecular formula is C15H17N3O4S. The molecule has 1 fully saturated rings. The molecule has 1 atom stereocenters. The van der Waals surface area contributed by atoms with E-state index in [4.69, 9.17) is 9.84 Å². The summed E-state index contributed by atoms with van der Waals surface area (Å²) in [5.41, 5.74) is 0.819. The summed E-state index contributed by atoms with van der Waals surface area (Å²) in [5, 5.41) is 18.7. The van der Waals surface area contributed by atoms with E-state index in [-0.39, 0.29) is 12.3 Å². The van der Waals surface area contributed by atoms with Gasteiger partial charge in [0.1, 0.15) is 11.0 Å². The molecule has 0 spiro atoms. The summed E-state index contributed by atoms with van der Waals surface area (Å²) in [5.74, 6) is -0.624. The Morgan fingerprint density at radius 3 is 3.09 bits per heavy atom. The van der Waals surface area contributed by atoms with Gasteiger partial charge in [0, 0.05) is 0 Å². The molecule has 122 valence electrons. The molecule has 0 bridgehead atoms. The molecule has 23 heavy (non-hydrogen) atoms. The highest BCUT2D eigenvalue weighted by molar-refractivity contribution is 8.15. The van der Waals surface area contributed by atoms with Crippen molar-refractivity contribution >= 4 is 35.0 Å². The number of amidine groups is 1. The number of carbonyl (C=O) groups is 2. The van der Waals surface area contributed by atoms with Crippen molar-refractivity contribution in [2.24, 2.45) is 10.2 Å². The van der Waals surface area contributed by atoms with Gasteiger partial charge in [-0.05, 0) is 24.1 Å². The highest BCUT2D eigenvalue weighted by Crippen LogP contribution is 2.22. The Labute approximate surface area is 137 Å². The highest BCUT2D eigenvalue weighted by Gasteiger charge is 2.32. The van der Waals surface area contributed by atoms with E-state index in [9.17, 15) is 9.59 Å². The average molecular weight is 335 g/mol. The van der Waals surface area contributed by atoms with Crippen LogP contribution in [0.3, 0.4) is 0 Å². The van der Waals surface area contributed by atoms with Gasteiger partial charge in [-0.15, -0.1) is 5.10 Å². The fourth-order valence-corrected chi connectivity index (χ4v) is 2.71. The zero-order chi connectivity index (χ0) is 16.7. The Hall–Kier alpha value is -2.35. The van der Waals surface area contributed by atoms with Gasteiger partial charge in [0.25, 0.3) is 0 Å². The maximum absolute atomic E-state index is 11.6. The Morgan fingerprint density at radius 1 is 1.52 bits per heavy atom. The predicted octanol–water partition coefficient (Wildman–Crippen LogP) is 1.87. The summed E-state index contributed by atoms with van der Waals surface area (Å²) in [7, 11) is 0. The van der Waals surface area contributed by atoms with Crippen LogP contribution in [0, 0.1) is 0 Å². The smallest absolute Gasteiger partial charge is 0.305 e. The van der Waals surface area contributed by atoms with Gasteiger partial charge in [-0.3, -0.25) is 9.59 Å². The van der Waals surface area contributed by atoms with Crippen molar-refractivity contribution in [2.75, 3.05) is 6.61 Å². The van der Waals surface area contributed by atoms with Crippen molar-refractivity contribution < 1.29 is 19.4 Å². The Kier molecular flexibility index (Phi) is 6.16. The number of hydrogen-bond donors (Lipinski definition) is 2. The van der Waals surface area contributed by atoms with Gasteiger partial charge in [-0.25, -0.2) is 0 Å². The summed E-state index contributed by atoms with van der Waals surface area (Å²) >= 11 is 1.07. The Balaban J connectivity index is 1.96. The van der Waals surface area contributed by atoms with Crippen LogP contribution in [-0.2, 0) is 9.59 Å². The summed E-state index contributed by atoms with van der Waals surface area (Å²) in [6, 6.07) is 7.42. The minimum atomic E-state index is -1.02. The second-order valence-corrected chi connectivity index (χ2v) is 5.96. The largest absolute Gasteiger partial charge is 0.494 e. The standard InChI is InChI=1S/C15H17N3O4S/c1-2-6-22-11-5-3-4-10(7-11)9-16-18-15-17-14(21)12(23-15)8-13(19)20/h3-5,7,9,12H,2,6,8H2,1H3,(H,19,20)(H,17,18,21). The molecule has 1 aliphatic heterocycles. The first-order valence-electron chi connectivity index (χ1n) is 7.11. The highest BCUT2D eigenvalue weighted by atomic mass is 32.2. The van der Waals surface area contributed by atoms with Gasteiger partial charge in [0.05, 0.1) is 19.2 Å². The number of amides is 1. The third kappa shape index (κ3) is 5.41. The fraction of sp³-hybridized carbons (Fsp3) is 0.333. The third-order valence-electron chi connectivity index (χ3n) is 2.82. The van der Waals surface area contributed by atoms with Gasteiger partial charge >= 0.3 is 5.97 Å². The zero-order valence-electron chi connectivity index (χ0n) is 12.6. The average Bonchev–Trinajstić information content (AvgIpc) is 2.85. The van der Waals surface area contributed by atoms with E-state index in [2.05, 4.69) is 15.5 Å². The molecule has 0 radical (unpaired) electrons. The van der Waals surface area contributed by atoms with Gasteiger partial charge in [0.15, 0.2) is 5.17 Å². The number of carboxylic acids is 1. The normalized spacial score (nSPS) is 19.3. The van der Waals surface area contributed by atoms with Gasteiger partial charge < -0.3 is 15.2 Å². The van der Waals surface area contributed by atoms with E-state index in [1.165, 1.54) is 0 Å². The van der Waals surface area contributed by atoms with E-state index in [1.807, 2.05) is 31.2 Å². The topological polar surface area (TPSA) is 100 Å². The summed E-state index contributed by atoms with van der Waals surface area (Å²) in [6.07, 6.45) is 2.24. The van der Waals surface area contributed by atoms with E-state index in [0.717, 1.165) is 29.5 Å². The van der Waals surface area contributed by atoms with Crippen LogP contribution in [-0.4, -0.2) is 40.2 Å². The number of nitrogens with zero attached hydrogens (tertiary/aromatic N) is 2. The van der Waals surface area contributed by atoms with Crippen LogP contribution >= 0.6 is 11.8 Å². The Morgan fingerprint density at radius 2 is 2.35 bits per heavy atom. The number of carbonyl (C=O) groups excluding carboxylic acids is 1. The lowest BCUT2D eigenvalue weighted by Crippen LogP contribution is -2.26. The monoisotopic (exact) mass is 335 g/mol. The van der Waals surface area contributed by atoms with Crippen LogP contribution < -0.4 is 10.1 Å². The third-order valence-corrected chi connectivity index (χ3v) is 3.90. The molecule has 2 N–H and O–H groups in total. The number of nitrogens with one attached hydrogen (secondary N) is 1. The lowest BCUT2D eigenvalue weighted by molar-refractivity contribution is -0.138. The van der Waals surface area contributed by atoms with Crippen LogP contribution in [0.4, 0.5) is 0 Å². The molecule has 1 aromatic carbocycles. The summed E-state index contributed by atoms with van der Waals surface area (Å²) in [6.45, 7) is 2.68. The molecule has 1 amide bonds. The van der Waals surface area contributed by atoms with Crippen LogP contribution in [0.15, 0.2) is 34.5 Å². The molecule has 0 aromatic heterocycles. The molecule has 8 heteroatoms. The van der Waals surface area contributed by atoms with Crippen molar-refractivity contribution in [1.29, 1.82) is 0 Å². The van der Waals surface area contributed by atoms with E-state index < -0.39 is 11.2 Å². The van der Waals surface area contributed by atoms with Gasteiger partial charge in [0.2, 0.25) is 5.91 Å². The van der Waals surface area contributed by atoms with E-state index in [0.29, 0.717) is 11.8 Å². The maximum Gasteiger partial charge on any atom is 0.305 e. The van der Waals surface area contributed by atoms with Crippen molar-refractivity contribution in [3.8, 4) is 5.75 Å². The van der Waals surface area contributed by atoms with Crippen molar-refractivity contribution in [3.63, 3.8) is 0 Å². The van der Waals surface area contributed by atoms with Crippen LogP contribution in [0.5, 0.6) is 5.75 Å². The summed E-state index contributed by atoms with van der Waals surface area (Å²) < 4.78 is 5.53. The van der Waals surface area contributed by atoms with E-state index >= 15 is 0 Å². The molecule has 1 heterocycles. The molecule has 1 saturated heterocycles. The number of thioether (sulfide) groups is 1. The molecular weight excluding hydrogens is 318 g/mol. The van der Waals surface area contributed by atoms with Gasteiger partial charge in [-0.1, -0.05) is 30.8 Å². The number of benzene rings is 1. The first-order chi connectivity index (χ1) is 11.1. The first kappa shape index (κ1) is 17.0. The molecule has 1 aliphatic rings. The van der Waals surface area contributed by atoms with Crippen LogP contribution in [0.1, 0.15) is 25.3 Å². The van der Waals surface area contributed by atoms with Crippen molar-refractivity contribution in [3.05, 3.63) is 29.8 Å². The molecule has 0 saturated carbocycles. The lowest BCUT2D eigenvalue weighted by Gasteiger charge is -2.04. The maximum atomic E-state index is 11.6. The number of ether oxygens (including phenoxy) is 1. The molecule has 0 aliphatic carbocycles. The number of aliphatic carboxylic acids is 1. The zero-order valence-corrected chi connectivity index (χ0v) is 13.4. The molecule has 1 unspecified atom stereocenters. The minimum absolute atomic E-state index is 0.240. The number of rotatable bonds is 7. The van der Waals surface area contributed by atoms with Crippen molar-refractivity contribution in [1.82, 2.24) is 5.32 Å². The van der Waals surface area contributed by atoms with Crippen molar-refractivity contribution in [2.45, 2.75) is 25.0 Å². The quantitative estimate of drug-likeness (QED) is 0.585. The first-order valence-corrected chi connectivity index (χ1v) is 7.99. The molecule has 2 rings (SSSR count). The number of hydrogen-bond acceptors (Lipinski definition) is 6. The second-order valence-electron chi connectivity index (χ2n) is 4.76. The van der Waals surface area contributed by atoms with Crippen LogP contribution in [0.2, 0.25) is 0 Å². The Bertz CT molecular complexity index is 645. The minimum Gasteiger partial charge on any atom is -0.494 e. The predicted molar refractivity (Wildman–Crippen MR) is 89.0 cm³/mol. The SMILES string of the molecule is CCCOc1cccc(C=NN=C2NC(=O)C(CC(=O)O)S2)c1. The van der Waals surface area contributed by atoms with E-state index in [1.54, 1.807) is 6.21 Å². The summed E-state index contributed by atoms with van der Waals surface area (Å²) in [4.78, 5) is 22.2. The fourth-order valence-electron chi connectivity index (χ4n) is 1.80. The van der Waals surface area contributed by atoms with Crippen LogP contribution in [0.25, 0.3) is 0 Å². The molecule has 7 nitrogen and oxygen atoms in total. The number of carboxylic acid groups (broad SMARTS) is 1.